The summed E-state index contributed by atoms with van der Waals surface area (Å²) in [5, 5.41) is -0.109. The van der Waals surface area contributed by atoms with Gasteiger partial charge in [0.15, 0.2) is 0 Å². The summed E-state index contributed by atoms with van der Waals surface area (Å²) in [5.74, 6) is -0.892. The Kier molecular flexibility index (Phi) is 7.68. The molecule has 4 rings (SSSR count). The number of nitrogens with zero attached hydrogens (tertiary/aromatic N) is 3. The fourth-order valence-corrected chi connectivity index (χ4v) is 4.64. The highest BCUT2D eigenvalue weighted by atomic mass is 35.5. The van der Waals surface area contributed by atoms with Crippen LogP contribution in [0.2, 0.25) is 5.02 Å². The highest BCUT2D eigenvalue weighted by Gasteiger charge is 2.36. The Morgan fingerprint density at radius 2 is 1.71 bits per heavy atom. The van der Waals surface area contributed by atoms with E-state index in [-0.39, 0.29) is 41.1 Å². The second kappa shape index (κ2) is 10.7. The van der Waals surface area contributed by atoms with Crippen molar-refractivity contribution in [3.63, 3.8) is 0 Å². The summed E-state index contributed by atoms with van der Waals surface area (Å²) < 4.78 is 33.0. The van der Waals surface area contributed by atoms with Gasteiger partial charge in [0, 0.05) is 63.6 Å². The molecule has 182 valence electrons. The van der Waals surface area contributed by atoms with Gasteiger partial charge in [0.05, 0.1) is 5.02 Å². The highest BCUT2D eigenvalue weighted by Crippen LogP contribution is 2.28. The van der Waals surface area contributed by atoms with E-state index in [2.05, 4.69) is 4.90 Å². The Labute approximate surface area is 203 Å². The van der Waals surface area contributed by atoms with Crippen LogP contribution in [0.25, 0.3) is 0 Å². The Balaban J connectivity index is 1.49. The summed E-state index contributed by atoms with van der Waals surface area (Å²) in [6, 6.07) is 9.70. The first kappa shape index (κ1) is 24.4. The quantitative estimate of drug-likeness (QED) is 0.640. The number of hydrogen-bond donors (Lipinski definition) is 0. The van der Waals surface area contributed by atoms with Crippen LogP contribution in [-0.4, -0.2) is 78.9 Å². The molecule has 0 aliphatic carbocycles. The van der Waals surface area contributed by atoms with Gasteiger partial charge in [-0.1, -0.05) is 11.6 Å². The molecule has 2 saturated heterocycles. The molecule has 0 bridgehead atoms. The van der Waals surface area contributed by atoms with E-state index in [1.165, 1.54) is 30.3 Å². The molecule has 2 aromatic rings. The number of carbonyl (C=O) groups excluding carboxylic acids is 2. The van der Waals surface area contributed by atoms with Crippen LogP contribution in [0.15, 0.2) is 42.5 Å². The summed E-state index contributed by atoms with van der Waals surface area (Å²) in [4.78, 5) is 31.9. The van der Waals surface area contributed by atoms with Crippen LogP contribution in [0.1, 0.15) is 23.2 Å². The number of piperazine rings is 1. The second-order valence-electron chi connectivity index (χ2n) is 8.93. The average Bonchev–Trinajstić information content (AvgIpc) is 2.83. The molecule has 0 N–H and O–H groups in total. The van der Waals surface area contributed by atoms with E-state index in [1.807, 2.05) is 11.9 Å². The van der Waals surface area contributed by atoms with E-state index in [9.17, 15) is 18.4 Å². The molecule has 2 aliphatic rings. The van der Waals surface area contributed by atoms with Crippen molar-refractivity contribution < 1.29 is 23.1 Å². The average molecular weight is 492 g/mol. The lowest BCUT2D eigenvalue weighted by Crippen LogP contribution is -2.51. The monoisotopic (exact) mass is 491 g/mol. The third-order valence-corrected chi connectivity index (χ3v) is 6.80. The van der Waals surface area contributed by atoms with Crippen LogP contribution in [0.3, 0.4) is 0 Å². The fourth-order valence-electron chi connectivity index (χ4n) is 4.46. The van der Waals surface area contributed by atoms with E-state index in [0.717, 1.165) is 13.1 Å². The Morgan fingerprint density at radius 1 is 1.00 bits per heavy atom. The first-order valence-electron chi connectivity index (χ1n) is 11.4. The molecule has 34 heavy (non-hydrogen) atoms. The van der Waals surface area contributed by atoms with E-state index >= 15 is 0 Å². The zero-order valence-electron chi connectivity index (χ0n) is 19.1. The van der Waals surface area contributed by atoms with Gasteiger partial charge >= 0.3 is 0 Å². The molecule has 2 amide bonds. The van der Waals surface area contributed by atoms with Crippen molar-refractivity contribution >= 4 is 23.4 Å². The predicted octanol–water partition coefficient (Wildman–Crippen LogP) is 3.69. The van der Waals surface area contributed by atoms with Gasteiger partial charge in [-0.2, -0.15) is 0 Å². The number of ether oxygens (including phenoxy) is 1. The van der Waals surface area contributed by atoms with Gasteiger partial charge in [-0.15, -0.1) is 0 Å². The molecule has 6 nitrogen and oxygen atoms in total. The number of piperidine rings is 1. The molecule has 0 spiro atoms. The van der Waals surface area contributed by atoms with Crippen molar-refractivity contribution in [1.29, 1.82) is 0 Å². The topological polar surface area (TPSA) is 53.1 Å². The zero-order chi connectivity index (χ0) is 24.2. The van der Waals surface area contributed by atoms with Gasteiger partial charge in [0.2, 0.25) is 5.91 Å². The maximum atomic E-state index is 13.6. The van der Waals surface area contributed by atoms with E-state index in [1.54, 1.807) is 17.0 Å². The third kappa shape index (κ3) is 5.85. The SMILES string of the molecule is CN1CCN(C(=O)C[C@H]2CN(C(=O)c3ccc(F)c(Cl)c3)CC[C@@H]2Oc2ccc(F)cc2)CC1. The lowest BCUT2D eigenvalue weighted by atomic mass is 9.90. The molecule has 2 aromatic carbocycles. The molecule has 0 aromatic heterocycles. The molecule has 9 heteroatoms. The van der Waals surface area contributed by atoms with Crippen molar-refractivity contribution in [2.45, 2.75) is 18.9 Å². The van der Waals surface area contributed by atoms with Crippen LogP contribution in [0, 0.1) is 17.6 Å². The van der Waals surface area contributed by atoms with Crippen molar-refractivity contribution in [3.05, 3.63) is 64.7 Å². The Hall–Kier alpha value is -2.71. The molecule has 0 radical (unpaired) electrons. The minimum Gasteiger partial charge on any atom is -0.490 e. The van der Waals surface area contributed by atoms with E-state index < -0.39 is 5.82 Å². The maximum Gasteiger partial charge on any atom is 0.253 e. The number of benzene rings is 2. The highest BCUT2D eigenvalue weighted by molar-refractivity contribution is 6.31. The molecule has 2 aliphatic heterocycles. The zero-order valence-corrected chi connectivity index (χ0v) is 19.8. The summed E-state index contributed by atoms with van der Waals surface area (Å²) in [5.41, 5.74) is 0.299. The van der Waals surface area contributed by atoms with Gasteiger partial charge in [0.25, 0.3) is 5.91 Å². The van der Waals surface area contributed by atoms with Crippen LogP contribution < -0.4 is 4.74 Å². The van der Waals surface area contributed by atoms with E-state index in [0.29, 0.717) is 43.9 Å². The lowest BCUT2D eigenvalue weighted by Gasteiger charge is -2.40. The van der Waals surface area contributed by atoms with Crippen molar-refractivity contribution in [2.75, 3.05) is 46.3 Å². The molecule has 0 saturated carbocycles. The third-order valence-electron chi connectivity index (χ3n) is 6.51. The standard InChI is InChI=1S/C25H28ClF2N3O3/c1-29-10-12-30(13-11-29)24(32)15-18-16-31(25(33)17-2-7-22(28)21(26)14-17)9-8-23(18)34-20-5-3-19(27)4-6-20/h2-7,14,18,23H,8-13,15-16H2,1H3/t18-,23-/m0/s1. The normalized spacial score (nSPS) is 21.4. The summed E-state index contributed by atoms with van der Waals surface area (Å²) >= 11 is 5.87. The Bertz CT molecular complexity index is 1030. The minimum absolute atomic E-state index is 0.0323. The van der Waals surface area contributed by atoms with Gasteiger partial charge in [0.1, 0.15) is 23.5 Å². The molecule has 0 unspecified atom stereocenters. The summed E-state index contributed by atoms with van der Waals surface area (Å²) in [6.45, 7) is 3.71. The van der Waals surface area contributed by atoms with Crippen molar-refractivity contribution in [2.24, 2.45) is 5.92 Å². The summed E-state index contributed by atoms with van der Waals surface area (Å²) in [6.07, 6.45) is 0.449. The van der Waals surface area contributed by atoms with Crippen LogP contribution in [0.5, 0.6) is 5.75 Å². The number of carbonyl (C=O) groups is 2. The Morgan fingerprint density at radius 3 is 2.38 bits per heavy atom. The van der Waals surface area contributed by atoms with Gasteiger partial charge in [-0.25, -0.2) is 8.78 Å². The van der Waals surface area contributed by atoms with Gasteiger partial charge < -0.3 is 19.4 Å². The van der Waals surface area contributed by atoms with Gasteiger partial charge in [-0.05, 0) is 49.5 Å². The van der Waals surface area contributed by atoms with Crippen molar-refractivity contribution in [1.82, 2.24) is 14.7 Å². The van der Waals surface area contributed by atoms with E-state index in [4.69, 9.17) is 16.3 Å². The molecular weight excluding hydrogens is 464 g/mol. The first-order valence-corrected chi connectivity index (χ1v) is 11.8. The largest absolute Gasteiger partial charge is 0.490 e. The lowest BCUT2D eigenvalue weighted by molar-refractivity contribution is -0.135. The smallest absolute Gasteiger partial charge is 0.253 e. The van der Waals surface area contributed by atoms with Crippen LogP contribution in [0.4, 0.5) is 8.78 Å². The molecule has 2 heterocycles. The second-order valence-corrected chi connectivity index (χ2v) is 9.33. The van der Waals surface area contributed by atoms with Crippen LogP contribution >= 0.6 is 11.6 Å². The number of likely N-dealkylation sites (tertiary alicyclic amines) is 1. The maximum absolute atomic E-state index is 13.6. The number of halogens is 3. The van der Waals surface area contributed by atoms with Gasteiger partial charge in [-0.3, -0.25) is 9.59 Å². The minimum atomic E-state index is -0.583. The number of amides is 2. The summed E-state index contributed by atoms with van der Waals surface area (Å²) in [7, 11) is 2.03. The number of likely N-dealkylation sites (N-methyl/N-ethyl adjacent to an activating group) is 1. The van der Waals surface area contributed by atoms with Crippen molar-refractivity contribution in [3.8, 4) is 5.75 Å². The number of rotatable bonds is 5. The fraction of sp³-hybridized carbons (Fsp3) is 0.440. The first-order chi connectivity index (χ1) is 16.3. The molecular formula is C25H28ClF2N3O3. The molecule has 2 fully saturated rings. The van der Waals surface area contributed by atoms with Crippen LogP contribution in [-0.2, 0) is 4.79 Å². The number of hydrogen-bond acceptors (Lipinski definition) is 4. The predicted molar refractivity (Wildman–Crippen MR) is 125 cm³/mol. The molecule has 2 atom stereocenters.